The Bertz CT molecular complexity index is 1270. The second-order valence-electron chi connectivity index (χ2n) is 9.26. The molecule has 0 aliphatic carbocycles. The minimum Gasteiger partial charge on any atom is -0.492 e. The van der Waals surface area contributed by atoms with Crippen molar-refractivity contribution >= 4 is 23.5 Å². The number of rotatable bonds is 2. The Labute approximate surface area is 223 Å². The van der Waals surface area contributed by atoms with E-state index < -0.39 is 18.8 Å². The van der Waals surface area contributed by atoms with Crippen LogP contribution in [0.5, 0.6) is 11.8 Å². The van der Waals surface area contributed by atoms with Gasteiger partial charge in [-0.3, -0.25) is 9.69 Å². The molecule has 1 saturated heterocycles. The third kappa shape index (κ3) is 7.47. The van der Waals surface area contributed by atoms with Gasteiger partial charge < -0.3 is 25.4 Å². The first-order valence-electron chi connectivity index (χ1n) is 12.6. The second kappa shape index (κ2) is 11.7. The molecule has 1 aromatic heterocycles. The van der Waals surface area contributed by atoms with Crippen molar-refractivity contribution in [1.82, 2.24) is 25.2 Å². The van der Waals surface area contributed by atoms with Gasteiger partial charge in [0, 0.05) is 36.9 Å². The molecule has 39 heavy (non-hydrogen) atoms. The summed E-state index contributed by atoms with van der Waals surface area (Å²) in [5.74, 6) is 0.543. The van der Waals surface area contributed by atoms with Crippen molar-refractivity contribution < 1.29 is 27.4 Å². The minimum atomic E-state index is -4.55. The Morgan fingerprint density at radius 2 is 1.74 bits per heavy atom. The van der Waals surface area contributed by atoms with Crippen molar-refractivity contribution in [1.29, 1.82) is 0 Å². The topological polar surface area (TPSA) is 114 Å². The van der Waals surface area contributed by atoms with Gasteiger partial charge in [-0.1, -0.05) is 12.1 Å². The molecule has 6 heterocycles. The highest BCUT2D eigenvalue weighted by molar-refractivity contribution is 5.94. The van der Waals surface area contributed by atoms with E-state index in [1.807, 2.05) is 24.3 Å². The van der Waals surface area contributed by atoms with E-state index >= 15 is 0 Å². The average molecular weight is 544 g/mol. The number of carbonyl (C=O) groups excluding carboxylic acids is 1. The average Bonchev–Trinajstić information content (AvgIpc) is 3.37. The molecule has 1 amide bonds. The molecule has 1 fully saturated rings. The molecule has 10 nitrogen and oxygen atoms in total. The molecular weight excluding hydrogens is 515 g/mol. The fraction of sp³-hybridized carbons (Fsp3) is 0.385. The van der Waals surface area contributed by atoms with E-state index in [0.717, 1.165) is 37.2 Å². The van der Waals surface area contributed by atoms with E-state index in [4.69, 9.17) is 9.47 Å². The van der Waals surface area contributed by atoms with Crippen molar-refractivity contribution in [3.8, 4) is 11.8 Å². The van der Waals surface area contributed by atoms with E-state index in [2.05, 4.69) is 35.8 Å². The molecule has 6 bridgehead atoms. The van der Waals surface area contributed by atoms with Crippen molar-refractivity contribution in [3.05, 3.63) is 59.7 Å². The van der Waals surface area contributed by atoms with Crippen LogP contribution in [0.3, 0.4) is 0 Å². The second-order valence-corrected chi connectivity index (χ2v) is 9.26. The standard InChI is InChI=1S/C26H28F3N7O3/c27-26(28,29)16-39-25-34-23-31-14-17-3-9-21(10-4-17)38-13-12-36-11-1-2-20(36)15-30-22(37)18-5-7-19(8-6-18)32-24(33-23)35-25/h3-10,20H,1-2,11-16H2,(H,30,37)(H2,31,32,33,34,35)/t20-/m1/s1. The number of ether oxygens (including phenoxy) is 2. The molecule has 3 N–H and O–H groups in total. The molecule has 0 saturated carbocycles. The summed E-state index contributed by atoms with van der Waals surface area (Å²) in [6.45, 7) is 1.54. The fourth-order valence-electron chi connectivity index (χ4n) is 4.44. The number of nitrogens with one attached hydrogen (secondary N) is 3. The molecule has 3 aromatic rings. The SMILES string of the molecule is O=C1NC[C@H]2CCCN2CCOc2ccc(cc2)CNc2nc(nc(OCC(F)(F)F)n2)Nc2ccc1cc2. The van der Waals surface area contributed by atoms with E-state index in [1.165, 1.54) is 0 Å². The first kappa shape index (κ1) is 26.5. The smallest absolute Gasteiger partial charge is 0.422 e. The number of carbonyl (C=O) groups is 1. The van der Waals surface area contributed by atoms with Gasteiger partial charge in [0.15, 0.2) is 6.61 Å². The highest BCUT2D eigenvalue weighted by Crippen LogP contribution is 2.22. The van der Waals surface area contributed by atoms with Gasteiger partial charge in [0.05, 0.1) is 0 Å². The lowest BCUT2D eigenvalue weighted by molar-refractivity contribution is -0.154. The zero-order valence-electron chi connectivity index (χ0n) is 21.0. The summed E-state index contributed by atoms with van der Waals surface area (Å²) in [4.78, 5) is 27.3. The van der Waals surface area contributed by atoms with Gasteiger partial charge in [-0.15, -0.1) is 0 Å². The third-order valence-electron chi connectivity index (χ3n) is 6.40. The van der Waals surface area contributed by atoms with E-state index in [1.54, 1.807) is 24.3 Å². The van der Waals surface area contributed by atoms with Crippen molar-refractivity contribution in [2.75, 3.05) is 43.5 Å². The Morgan fingerprint density at radius 3 is 2.51 bits per heavy atom. The molecule has 8 rings (SSSR count). The Hall–Kier alpha value is -4.13. The zero-order chi connectivity index (χ0) is 27.2. The number of benzene rings is 2. The van der Waals surface area contributed by atoms with Crippen LogP contribution in [0.2, 0.25) is 0 Å². The zero-order valence-corrected chi connectivity index (χ0v) is 21.0. The van der Waals surface area contributed by atoms with Gasteiger partial charge in [0.1, 0.15) is 12.4 Å². The van der Waals surface area contributed by atoms with Crippen LogP contribution < -0.4 is 25.4 Å². The maximum absolute atomic E-state index is 12.7. The van der Waals surface area contributed by atoms with Gasteiger partial charge in [-0.25, -0.2) is 0 Å². The highest BCUT2D eigenvalue weighted by Gasteiger charge is 2.29. The van der Waals surface area contributed by atoms with Crippen LogP contribution >= 0.6 is 0 Å². The summed E-state index contributed by atoms with van der Waals surface area (Å²) >= 11 is 0. The van der Waals surface area contributed by atoms with E-state index in [9.17, 15) is 18.0 Å². The van der Waals surface area contributed by atoms with Crippen LogP contribution in [0.25, 0.3) is 0 Å². The first-order chi connectivity index (χ1) is 18.8. The monoisotopic (exact) mass is 543 g/mol. The number of amides is 1. The lowest BCUT2D eigenvalue weighted by Gasteiger charge is -2.24. The van der Waals surface area contributed by atoms with Gasteiger partial charge in [-0.05, 0) is 61.3 Å². The van der Waals surface area contributed by atoms with Crippen LogP contribution in [-0.2, 0) is 6.54 Å². The van der Waals surface area contributed by atoms with E-state index in [-0.39, 0.29) is 23.8 Å². The molecule has 0 spiro atoms. The van der Waals surface area contributed by atoms with Gasteiger partial charge in [0.2, 0.25) is 11.9 Å². The van der Waals surface area contributed by atoms with Crippen molar-refractivity contribution in [2.45, 2.75) is 31.6 Å². The Kier molecular flexibility index (Phi) is 7.96. The van der Waals surface area contributed by atoms with Crippen LogP contribution in [0.4, 0.5) is 30.8 Å². The summed E-state index contributed by atoms with van der Waals surface area (Å²) in [6.07, 6.45) is -2.47. The predicted octanol–water partition coefficient (Wildman–Crippen LogP) is 3.76. The Balaban J connectivity index is 1.39. The summed E-state index contributed by atoms with van der Waals surface area (Å²) in [5, 5.41) is 8.94. The Morgan fingerprint density at radius 1 is 0.974 bits per heavy atom. The number of alkyl halides is 3. The molecule has 206 valence electrons. The first-order valence-corrected chi connectivity index (χ1v) is 12.6. The normalized spacial score (nSPS) is 18.5. The summed E-state index contributed by atoms with van der Waals surface area (Å²) < 4.78 is 48.9. The molecule has 5 aliphatic rings. The van der Waals surface area contributed by atoms with Crippen LogP contribution in [0.1, 0.15) is 28.8 Å². The highest BCUT2D eigenvalue weighted by atomic mass is 19.4. The quantitative estimate of drug-likeness (QED) is 0.445. The molecule has 0 unspecified atom stereocenters. The lowest BCUT2D eigenvalue weighted by Crippen LogP contribution is -2.41. The number of halogens is 3. The maximum atomic E-state index is 12.7. The van der Waals surface area contributed by atoms with Crippen LogP contribution in [0.15, 0.2) is 48.5 Å². The number of hydrogen-bond donors (Lipinski definition) is 3. The van der Waals surface area contributed by atoms with Crippen molar-refractivity contribution in [3.63, 3.8) is 0 Å². The number of aromatic nitrogens is 3. The molecule has 5 aliphatic heterocycles. The molecule has 2 aromatic carbocycles. The largest absolute Gasteiger partial charge is 0.492 e. The molecule has 1 atom stereocenters. The number of hydrogen-bond acceptors (Lipinski definition) is 9. The summed E-state index contributed by atoms with van der Waals surface area (Å²) in [6, 6.07) is 13.8. The summed E-state index contributed by atoms with van der Waals surface area (Å²) in [7, 11) is 0. The maximum Gasteiger partial charge on any atom is 0.422 e. The van der Waals surface area contributed by atoms with E-state index in [0.29, 0.717) is 30.9 Å². The van der Waals surface area contributed by atoms with Crippen LogP contribution in [0, 0.1) is 0 Å². The number of anilines is 3. The van der Waals surface area contributed by atoms with Crippen molar-refractivity contribution in [2.24, 2.45) is 0 Å². The van der Waals surface area contributed by atoms with Gasteiger partial charge >= 0.3 is 12.2 Å². The molecular formula is C26H28F3N7O3. The third-order valence-corrected chi connectivity index (χ3v) is 6.40. The fourth-order valence-corrected chi connectivity index (χ4v) is 4.44. The van der Waals surface area contributed by atoms with Crippen LogP contribution in [-0.4, -0.2) is 70.8 Å². The molecule has 0 radical (unpaired) electrons. The van der Waals surface area contributed by atoms with Gasteiger partial charge in [0.25, 0.3) is 5.91 Å². The minimum absolute atomic E-state index is 0.0194. The predicted molar refractivity (Wildman–Crippen MR) is 137 cm³/mol. The lowest BCUT2D eigenvalue weighted by atomic mass is 10.1. The number of nitrogens with zero attached hydrogens (tertiary/aromatic N) is 4. The molecule has 13 heteroatoms. The summed E-state index contributed by atoms with van der Waals surface area (Å²) in [5.41, 5.74) is 1.90. The van der Waals surface area contributed by atoms with Gasteiger partial charge in [-0.2, -0.15) is 28.1 Å².